The molecule has 0 saturated carbocycles. The Hall–Kier alpha value is -6.06. The van der Waals surface area contributed by atoms with Gasteiger partial charge in [0.25, 0.3) is 0 Å². The molecule has 1 heterocycles. The SMILES string of the molecule is C/C=C\COc1cc(-c2ccccc2)cc2c1B(C)c1cc(-c3cc(C(C)(C)C)cc(C(C)(C)C)c3)ccc1N2c1c(-c2ccc(C(C)(C)C)cc2)cccc1-c1ccc(C(C)(C)C)cc1. The molecular formula is C63H70BNO. The molecule has 0 fully saturated rings. The van der Waals surface area contributed by atoms with Crippen LogP contribution in [0.15, 0.2) is 158 Å². The summed E-state index contributed by atoms with van der Waals surface area (Å²) in [5.41, 5.74) is 20.8. The van der Waals surface area contributed by atoms with E-state index in [9.17, 15) is 0 Å². The molecule has 3 heteroatoms. The van der Waals surface area contributed by atoms with Gasteiger partial charge in [0, 0.05) is 22.5 Å². The van der Waals surface area contributed by atoms with E-state index in [1.165, 1.54) is 72.2 Å². The minimum Gasteiger partial charge on any atom is -0.490 e. The highest BCUT2D eigenvalue weighted by Crippen LogP contribution is 2.49. The van der Waals surface area contributed by atoms with Crippen LogP contribution in [0.1, 0.15) is 112 Å². The van der Waals surface area contributed by atoms with Gasteiger partial charge in [-0.3, -0.25) is 0 Å². The fourth-order valence-corrected chi connectivity index (χ4v) is 9.40. The molecule has 66 heavy (non-hydrogen) atoms. The predicted octanol–water partition coefficient (Wildman–Crippen LogP) is 16.5. The van der Waals surface area contributed by atoms with Gasteiger partial charge in [0.2, 0.25) is 6.71 Å². The van der Waals surface area contributed by atoms with Crippen molar-refractivity contribution >= 4 is 34.7 Å². The summed E-state index contributed by atoms with van der Waals surface area (Å²) in [6.07, 6.45) is 4.17. The molecule has 8 rings (SSSR count). The molecule has 336 valence electrons. The average molecular weight is 868 g/mol. The first kappa shape index (κ1) is 46.5. The summed E-state index contributed by atoms with van der Waals surface area (Å²) in [5.74, 6) is 0.908. The normalized spacial score (nSPS) is 13.2. The van der Waals surface area contributed by atoms with E-state index in [0.29, 0.717) is 6.61 Å². The van der Waals surface area contributed by atoms with Gasteiger partial charge < -0.3 is 9.64 Å². The van der Waals surface area contributed by atoms with Crippen LogP contribution < -0.4 is 20.6 Å². The van der Waals surface area contributed by atoms with Crippen molar-refractivity contribution in [1.82, 2.24) is 0 Å². The Balaban J connectivity index is 1.47. The van der Waals surface area contributed by atoms with Gasteiger partial charge in [0.1, 0.15) is 12.4 Å². The number of para-hydroxylation sites is 1. The van der Waals surface area contributed by atoms with Gasteiger partial charge in [-0.15, -0.1) is 0 Å². The molecule has 0 saturated heterocycles. The highest BCUT2D eigenvalue weighted by Gasteiger charge is 2.37. The maximum Gasteiger partial charge on any atom is 0.216 e. The van der Waals surface area contributed by atoms with Crippen molar-refractivity contribution in [1.29, 1.82) is 0 Å². The van der Waals surface area contributed by atoms with E-state index in [4.69, 9.17) is 4.74 Å². The van der Waals surface area contributed by atoms with Crippen LogP contribution in [0.4, 0.5) is 17.1 Å². The minimum absolute atomic E-state index is 0.000829. The number of allylic oxidation sites excluding steroid dienone is 1. The molecule has 0 amide bonds. The van der Waals surface area contributed by atoms with Gasteiger partial charge in [0.05, 0.1) is 5.69 Å². The highest BCUT2D eigenvalue weighted by molar-refractivity contribution is 6.88. The molecule has 0 radical (unpaired) electrons. The smallest absolute Gasteiger partial charge is 0.216 e. The van der Waals surface area contributed by atoms with E-state index < -0.39 is 0 Å². The third-order valence-electron chi connectivity index (χ3n) is 13.6. The zero-order valence-corrected chi connectivity index (χ0v) is 42.2. The second-order valence-electron chi connectivity index (χ2n) is 22.6. The largest absolute Gasteiger partial charge is 0.490 e. The molecule has 0 unspecified atom stereocenters. The van der Waals surface area contributed by atoms with Gasteiger partial charge >= 0.3 is 0 Å². The second kappa shape index (κ2) is 17.6. The first-order valence-electron chi connectivity index (χ1n) is 24.1. The van der Waals surface area contributed by atoms with E-state index in [-0.39, 0.29) is 28.4 Å². The van der Waals surface area contributed by atoms with Crippen LogP contribution in [-0.2, 0) is 21.7 Å². The van der Waals surface area contributed by atoms with Crippen molar-refractivity contribution < 1.29 is 4.74 Å². The lowest BCUT2D eigenvalue weighted by molar-refractivity contribution is 0.366. The number of fused-ring (bicyclic) bond motifs is 2. The van der Waals surface area contributed by atoms with Crippen LogP contribution >= 0.6 is 0 Å². The first-order valence-corrected chi connectivity index (χ1v) is 24.1. The summed E-state index contributed by atoms with van der Waals surface area (Å²) in [4.78, 5) is 2.58. The molecule has 0 atom stereocenters. The molecule has 1 aliphatic heterocycles. The number of rotatable bonds is 8. The van der Waals surface area contributed by atoms with Crippen LogP contribution in [0.25, 0.3) is 44.5 Å². The Kier molecular flexibility index (Phi) is 12.4. The Bertz CT molecular complexity index is 2780. The summed E-state index contributed by atoms with van der Waals surface area (Å²) in [6.45, 7) is 32.6. The summed E-state index contributed by atoms with van der Waals surface area (Å²) in [7, 11) is 0. The third kappa shape index (κ3) is 9.33. The lowest BCUT2D eigenvalue weighted by Gasteiger charge is -2.39. The average Bonchev–Trinajstić information content (AvgIpc) is 3.28. The highest BCUT2D eigenvalue weighted by atomic mass is 16.5. The molecule has 7 aromatic carbocycles. The van der Waals surface area contributed by atoms with Gasteiger partial charge in [0.15, 0.2) is 0 Å². The van der Waals surface area contributed by atoms with E-state index >= 15 is 0 Å². The van der Waals surface area contributed by atoms with Crippen LogP contribution in [0.3, 0.4) is 0 Å². The summed E-state index contributed by atoms with van der Waals surface area (Å²) in [6, 6.07) is 55.4. The van der Waals surface area contributed by atoms with Crippen molar-refractivity contribution in [2.24, 2.45) is 0 Å². The Morgan fingerprint density at radius 3 is 1.45 bits per heavy atom. The molecule has 7 aromatic rings. The van der Waals surface area contributed by atoms with Crippen molar-refractivity contribution in [2.45, 2.75) is 118 Å². The van der Waals surface area contributed by atoms with E-state index in [1.807, 2.05) is 0 Å². The minimum atomic E-state index is -0.000829. The quantitative estimate of drug-likeness (QED) is 0.111. The Morgan fingerprint density at radius 2 is 0.955 bits per heavy atom. The maximum absolute atomic E-state index is 6.90. The molecule has 2 nitrogen and oxygen atoms in total. The third-order valence-corrected chi connectivity index (χ3v) is 13.6. The summed E-state index contributed by atoms with van der Waals surface area (Å²) < 4.78 is 6.90. The molecule has 0 aromatic heterocycles. The molecule has 0 N–H and O–H groups in total. The first-order chi connectivity index (χ1) is 31.1. The van der Waals surface area contributed by atoms with Crippen LogP contribution in [0.2, 0.25) is 6.82 Å². The van der Waals surface area contributed by atoms with E-state index in [1.54, 1.807) is 0 Å². The zero-order chi connectivity index (χ0) is 47.3. The lowest BCUT2D eigenvalue weighted by atomic mass is 9.40. The van der Waals surface area contributed by atoms with Crippen LogP contribution in [0, 0.1) is 0 Å². The Morgan fingerprint density at radius 1 is 0.455 bits per heavy atom. The Labute approximate surface area is 397 Å². The predicted molar refractivity (Wildman–Crippen MR) is 289 cm³/mol. The number of hydrogen-bond acceptors (Lipinski definition) is 2. The topological polar surface area (TPSA) is 12.5 Å². The fourth-order valence-electron chi connectivity index (χ4n) is 9.40. The number of anilines is 3. The van der Waals surface area contributed by atoms with Crippen molar-refractivity contribution in [3.63, 3.8) is 0 Å². The monoisotopic (exact) mass is 868 g/mol. The van der Waals surface area contributed by atoms with E-state index in [2.05, 4.69) is 259 Å². The number of hydrogen-bond donors (Lipinski definition) is 0. The number of benzene rings is 7. The summed E-state index contributed by atoms with van der Waals surface area (Å²) in [5, 5.41) is 0. The standard InChI is InChI=1S/C63H70BNO/c1-15-16-35-66-57-40-47(42-21-18-17-19-22-42)39-56-58(57)64(14)54-38-45(46-36-50(62(8,9)10)41-51(37-46)63(11,12)13)29-34-55(54)65(56)59-52(43-25-30-48(31-26-43)60(2,3)4)23-20-24-53(59)44-27-32-49(33-28-44)61(5,6)7/h15-34,36-41H,35H2,1-14H3/b16-15-. The van der Waals surface area contributed by atoms with E-state index in [0.717, 1.165) is 28.3 Å². The molecule has 0 aliphatic carbocycles. The maximum atomic E-state index is 6.90. The van der Waals surface area contributed by atoms with Crippen LogP contribution in [0.5, 0.6) is 5.75 Å². The molecule has 0 spiro atoms. The van der Waals surface area contributed by atoms with Crippen LogP contribution in [-0.4, -0.2) is 13.3 Å². The molecule has 0 bridgehead atoms. The molecule has 1 aliphatic rings. The fraction of sp³-hybridized carbons (Fsp3) is 0.302. The number of nitrogens with zero attached hydrogens (tertiary/aromatic N) is 1. The van der Waals surface area contributed by atoms with Gasteiger partial charge in [-0.2, -0.15) is 0 Å². The number of ether oxygens (including phenoxy) is 1. The lowest BCUT2D eigenvalue weighted by Crippen LogP contribution is -2.49. The summed E-state index contributed by atoms with van der Waals surface area (Å²) >= 11 is 0. The van der Waals surface area contributed by atoms with Gasteiger partial charge in [-0.05, 0) is 108 Å². The zero-order valence-electron chi connectivity index (χ0n) is 42.2. The van der Waals surface area contributed by atoms with Crippen molar-refractivity contribution in [3.8, 4) is 50.3 Å². The second-order valence-corrected chi connectivity index (χ2v) is 22.6. The van der Waals surface area contributed by atoms with Gasteiger partial charge in [-0.1, -0.05) is 235 Å². The van der Waals surface area contributed by atoms with Crippen molar-refractivity contribution in [2.75, 3.05) is 11.5 Å². The van der Waals surface area contributed by atoms with Crippen molar-refractivity contribution in [3.05, 3.63) is 180 Å². The molecular weight excluding hydrogens is 798 g/mol. The van der Waals surface area contributed by atoms with Gasteiger partial charge in [-0.25, -0.2) is 0 Å².